The van der Waals surface area contributed by atoms with Crippen molar-refractivity contribution in [3.63, 3.8) is 0 Å². The molecule has 0 heterocycles. The van der Waals surface area contributed by atoms with E-state index in [2.05, 4.69) is 18.3 Å². The Morgan fingerprint density at radius 3 is 2.56 bits per heavy atom. The van der Waals surface area contributed by atoms with Gasteiger partial charge in [-0.1, -0.05) is 30.3 Å². The first kappa shape index (κ1) is 11.2. The fourth-order valence-corrected chi connectivity index (χ4v) is 2.16. The van der Waals surface area contributed by atoms with Crippen molar-refractivity contribution in [2.24, 2.45) is 0 Å². The molecule has 1 aliphatic carbocycles. The highest BCUT2D eigenvalue weighted by Crippen LogP contribution is 2.31. The van der Waals surface area contributed by atoms with Gasteiger partial charge in [-0.3, -0.25) is 0 Å². The molecule has 0 radical (unpaired) electrons. The van der Waals surface area contributed by atoms with Crippen LogP contribution >= 0.6 is 0 Å². The van der Waals surface area contributed by atoms with Gasteiger partial charge in [-0.25, -0.2) is 0 Å². The van der Waals surface area contributed by atoms with Crippen molar-refractivity contribution in [1.82, 2.24) is 5.32 Å². The van der Waals surface area contributed by atoms with Crippen LogP contribution in [-0.4, -0.2) is 12.1 Å². The number of rotatable bonds is 4. The maximum Gasteiger partial charge on any atom is 0.0837 e. The van der Waals surface area contributed by atoms with Gasteiger partial charge in [-0.15, -0.1) is 0 Å². The topological polar surface area (TPSA) is 35.8 Å². The van der Waals surface area contributed by atoms with Crippen molar-refractivity contribution in [1.29, 1.82) is 5.26 Å². The Balaban J connectivity index is 1.94. The Kier molecular flexibility index (Phi) is 3.26. The van der Waals surface area contributed by atoms with E-state index in [0.29, 0.717) is 0 Å². The van der Waals surface area contributed by atoms with E-state index < -0.39 is 0 Å². The predicted octanol–water partition coefficient (Wildman–Crippen LogP) is 2.83. The Morgan fingerprint density at radius 1 is 1.38 bits per heavy atom. The van der Waals surface area contributed by atoms with E-state index in [4.69, 9.17) is 0 Å². The van der Waals surface area contributed by atoms with E-state index in [1.165, 1.54) is 19.3 Å². The van der Waals surface area contributed by atoms with Gasteiger partial charge < -0.3 is 5.32 Å². The third-order valence-electron chi connectivity index (χ3n) is 3.55. The molecule has 1 aliphatic rings. The second-order valence-corrected chi connectivity index (χ2v) is 4.89. The summed E-state index contributed by atoms with van der Waals surface area (Å²) in [5.74, 6) is -0.0291. The third-order valence-corrected chi connectivity index (χ3v) is 3.55. The van der Waals surface area contributed by atoms with Gasteiger partial charge in [0.2, 0.25) is 0 Å². The van der Waals surface area contributed by atoms with E-state index in [1.807, 2.05) is 30.3 Å². The highest BCUT2D eigenvalue weighted by molar-refractivity contribution is 5.25. The van der Waals surface area contributed by atoms with Crippen LogP contribution in [0.2, 0.25) is 0 Å². The molecule has 1 saturated carbocycles. The van der Waals surface area contributed by atoms with Crippen LogP contribution in [0, 0.1) is 11.3 Å². The van der Waals surface area contributed by atoms with Crippen LogP contribution in [0.3, 0.4) is 0 Å². The minimum absolute atomic E-state index is 0.0291. The largest absolute Gasteiger partial charge is 0.310 e. The standard InChI is InChI=1S/C14H18N2/c1-14(8-5-9-14)16-11-13(10-15)12-6-3-2-4-7-12/h2-4,6-7,13,16H,5,8-9,11H2,1H3. The molecule has 0 spiro atoms. The summed E-state index contributed by atoms with van der Waals surface area (Å²) in [6, 6.07) is 12.4. The molecule has 0 bridgehead atoms. The van der Waals surface area contributed by atoms with Crippen LogP contribution in [-0.2, 0) is 0 Å². The monoisotopic (exact) mass is 214 g/mol. The first-order chi connectivity index (χ1) is 7.73. The van der Waals surface area contributed by atoms with Crippen molar-refractivity contribution in [3.05, 3.63) is 35.9 Å². The SMILES string of the molecule is CC1(NCC(C#N)c2ccccc2)CCC1. The molecule has 0 aromatic heterocycles. The molecule has 1 atom stereocenters. The van der Waals surface area contributed by atoms with Crippen LogP contribution in [0.1, 0.15) is 37.7 Å². The molecule has 84 valence electrons. The van der Waals surface area contributed by atoms with Gasteiger partial charge >= 0.3 is 0 Å². The van der Waals surface area contributed by atoms with Crippen molar-refractivity contribution in [2.45, 2.75) is 37.6 Å². The zero-order valence-electron chi connectivity index (χ0n) is 9.74. The molecular weight excluding hydrogens is 196 g/mol. The maximum absolute atomic E-state index is 9.18. The number of hydrogen-bond donors (Lipinski definition) is 1. The number of benzene rings is 1. The number of hydrogen-bond acceptors (Lipinski definition) is 2. The van der Waals surface area contributed by atoms with E-state index >= 15 is 0 Å². The predicted molar refractivity (Wildman–Crippen MR) is 65.1 cm³/mol. The highest BCUT2D eigenvalue weighted by Gasteiger charge is 2.31. The summed E-state index contributed by atoms with van der Waals surface area (Å²) < 4.78 is 0. The lowest BCUT2D eigenvalue weighted by Gasteiger charge is -2.40. The van der Waals surface area contributed by atoms with Crippen LogP contribution in [0.5, 0.6) is 0 Å². The molecule has 0 amide bonds. The van der Waals surface area contributed by atoms with Crippen molar-refractivity contribution in [3.8, 4) is 6.07 Å². The van der Waals surface area contributed by atoms with Gasteiger partial charge in [-0.2, -0.15) is 5.26 Å². The molecule has 0 saturated heterocycles. The lowest BCUT2D eigenvalue weighted by Crippen LogP contribution is -2.49. The zero-order chi connectivity index (χ0) is 11.4. The Bertz CT molecular complexity index is 373. The summed E-state index contributed by atoms with van der Waals surface area (Å²) in [5.41, 5.74) is 1.39. The molecule has 2 heteroatoms. The molecule has 2 rings (SSSR count). The van der Waals surface area contributed by atoms with Gasteiger partial charge in [0.05, 0.1) is 12.0 Å². The molecule has 1 unspecified atom stereocenters. The van der Waals surface area contributed by atoms with Crippen molar-refractivity contribution >= 4 is 0 Å². The fraction of sp³-hybridized carbons (Fsp3) is 0.500. The number of nitrogens with zero attached hydrogens (tertiary/aromatic N) is 1. The Morgan fingerprint density at radius 2 is 2.06 bits per heavy atom. The minimum Gasteiger partial charge on any atom is -0.310 e. The first-order valence-electron chi connectivity index (χ1n) is 5.93. The highest BCUT2D eigenvalue weighted by atomic mass is 15.0. The average Bonchev–Trinajstić information content (AvgIpc) is 2.29. The van der Waals surface area contributed by atoms with Crippen LogP contribution in [0.15, 0.2) is 30.3 Å². The van der Waals surface area contributed by atoms with E-state index in [0.717, 1.165) is 12.1 Å². The second kappa shape index (κ2) is 4.67. The normalized spacial score (nSPS) is 19.5. The summed E-state index contributed by atoms with van der Waals surface area (Å²) in [7, 11) is 0. The summed E-state index contributed by atoms with van der Waals surface area (Å²) in [6.07, 6.45) is 3.78. The molecule has 2 nitrogen and oxygen atoms in total. The summed E-state index contributed by atoms with van der Waals surface area (Å²) in [4.78, 5) is 0. The lowest BCUT2D eigenvalue weighted by molar-refractivity contribution is 0.208. The zero-order valence-corrected chi connectivity index (χ0v) is 9.74. The minimum atomic E-state index is -0.0291. The molecule has 1 aromatic rings. The Labute approximate surface area is 97.3 Å². The van der Waals surface area contributed by atoms with E-state index in [9.17, 15) is 5.26 Å². The van der Waals surface area contributed by atoms with Crippen molar-refractivity contribution in [2.75, 3.05) is 6.54 Å². The van der Waals surface area contributed by atoms with Gasteiger partial charge in [0.1, 0.15) is 0 Å². The van der Waals surface area contributed by atoms with Gasteiger partial charge in [0.15, 0.2) is 0 Å². The Hall–Kier alpha value is -1.33. The smallest absolute Gasteiger partial charge is 0.0837 e. The van der Waals surface area contributed by atoms with Crippen molar-refractivity contribution < 1.29 is 0 Å². The van der Waals surface area contributed by atoms with Crippen LogP contribution in [0.25, 0.3) is 0 Å². The molecule has 16 heavy (non-hydrogen) atoms. The summed E-state index contributed by atoms with van der Waals surface area (Å²) in [5, 5.41) is 12.7. The van der Waals surface area contributed by atoms with Crippen LogP contribution in [0.4, 0.5) is 0 Å². The van der Waals surface area contributed by atoms with Gasteiger partial charge in [0.25, 0.3) is 0 Å². The van der Waals surface area contributed by atoms with Gasteiger partial charge in [-0.05, 0) is 31.7 Å². The third kappa shape index (κ3) is 2.43. The average molecular weight is 214 g/mol. The molecule has 1 fully saturated rings. The molecule has 1 aromatic carbocycles. The summed E-state index contributed by atoms with van der Waals surface area (Å²) in [6.45, 7) is 3.01. The fourth-order valence-electron chi connectivity index (χ4n) is 2.16. The quantitative estimate of drug-likeness (QED) is 0.836. The number of nitrogens with one attached hydrogen (secondary N) is 1. The van der Waals surface area contributed by atoms with E-state index in [1.54, 1.807) is 0 Å². The van der Waals surface area contributed by atoms with Gasteiger partial charge in [0, 0.05) is 12.1 Å². The molecule has 0 aliphatic heterocycles. The lowest BCUT2D eigenvalue weighted by atomic mass is 9.78. The first-order valence-corrected chi connectivity index (χ1v) is 5.93. The molecule has 1 N–H and O–H groups in total. The summed E-state index contributed by atoms with van der Waals surface area (Å²) >= 11 is 0. The van der Waals surface area contributed by atoms with E-state index in [-0.39, 0.29) is 11.5 Å². The van der Waals surface area contributed by atoms with Crippen LogP contribution < -0.4 is 5.32 Å². The maximum atomic E-state index is 9.18. The number of nitriles is 1. The molecular formula is C14H18N2. The second-order valence-electron chi connectivity index (χ2n) is 4.89.